The summed E-state index contributed by atoms with van der Waals surface area (Å²) in [6.45, 7) is 8.96. The number of carbonyl (C=O) groups is 2. The molecule has 0 aromatic carbocycles. The van der Waals surface area contributed by atoms with Crippen LogP contribution in [-0.2, 0) is 14.3 Å². The Morgan fingerprint density at radius 3 is 2.67 bits per heavy atom. The number of hydrogen-bond donors (Lipinski definition) is 1. The maximum absolute atomic E-state index is 12.8. The highest BCUT2D eigenvalue weighted by Crippen LogP contribution is 2.27. The number of amides is 2. The number of nitrogens with one attached hydrogen (secondary N) is 1. The summed E-state index contributed by atoms with van der Waals surface area (Å²) >= 11 is 0. The Balaban J connectivity index is 2.16. The fraction of sp³-hybridized carbons (Fsp3) is 0.875. The van der Waals surface area contributed by atoms with Crippen LogP contribution in [0.5, 0.6) is 0 Å². The first-order chi connectivity index (χ1) is 9.87. The first kappa shape index (κ1) is 16.3. The van der Waals surface area contributed by atoms with E-state index in [0.29, 0.717) is 6.54 Å². The van der Waals surface area contributed by atoms with E-state index in [1.807, 2.05) is 27.7 Å². The van der Waals surface area contributed by atoms with Crippen molar-refractivity contribution in [2.24, 2.45) is 5.92 Å². The fourth-order valence-corrected chi connectivity index (χ4v) is 3.04. The van der Waals surface area contributed by atoms with Gasteiger partial charge in [0.05, 0.1) is 6.10 Å². The Bertz CT molecular complexity index is 402. The maximum atomic E-state index is 12.8. The van der Waals surface area contributed by atoms with Crippen molar-refractivity contribution in [2.75, 3.05) is 13.2 Å². The number of rotatable bonds is 4. The van der Waals surface area contributed by atoms with E-state index in [0.717, 1.165) is 32.3 Å². The highest BCUT2D eigenvalue weighted by molar-refractivity contribution is 5.99. The zero-order valence-corrected chi connectivity index (χ0v) is 13.6. The lowest BCUT2D eigenvalue weighted by molar-refractivity contribution is -0.160. The molecule has 2 saturated heterocycles. The van der Waals surface area contributed by atoms with E-state index in [-0.39, 0.29) is 23.8 Å². The van der Waals surface area contributed by atoms with Crippen molar-refractivity contribution in [1.82, 2.24) is 10.2 Å². The molecule has 3 atom stereocenters. The molecule has 3 unspecified atom stereocenters. The summed E-state index contributed by atoms with van der Waals surface area (Å²) in [4.78, 5) is 26.9. The highest BCUT2D eigenvalue weighted by atomic mass is 16.5. The van der Waals surface area contributed by atoms with Crippen LogP contribution in [0, 0.1) is 5.92 Å². The predicted molar refractivity (Wildman–Crippen MR) is 80.8 cm³/mol. The van der Waals surface area contributed by atoms with Gasteiger partial charge in [-0.15, -0.1) is 0 Å². The lowest BCUT2D eigenvalue weighted by Crippen LogP contribution is -2.70. The number of hydrogen-bond acceptors (Lipinski definition) is 3. The molecule has 0 radical (unpaired) electrons. The average Bonchev–Trinajstić information content (AvgIpc) is 2.48. The largest absolute Gasteiger partial charge is 0.376 e. The van der Waals surface area contributed by atoms with Crippen molar-refractivity contribution in [3.63, 3.8) is 0 Å². The molecule has 2 fully saturated rings. The van der Waals surface area contributed by atoms with E-state index in [1.165, 1.54) is 0 Å². The summed E-state index contributed by atoms with van der Waals surface area (Å²) in [5.41, 5.74) is -0.804. The molecule has 0 aliphatic carbocycles. The molecule has 0 spiro atoms. The third-order valence-electron chi connectivity index (χ3n) is 4.92. The summed E-state index contributed by atoms with van der Waals surface area (Å²) in [6.07, 6.45) is 4.11. The molecule has 2 rings (SSSR count). The van der Waals surface area contributed by atoms with Crippen molar-refractivity contribution in [1.29, 1.82) is 0 Å². The third-order valence-corrected chi connectivity index (χ3v) is 4.92. The van der Waals surface area contributed by atoms with Crippen molar-refractivity contribution in [3.05, 3.63) is 0 Å². The highest BCUT2D eigenvalue weighted by Gasteiger charge is 2.48. The van der Waals surface area contributed by atoms with Crippen molar-refractivity contribution >= 4 is 11.8 Å². The van der Waals surface area contributed by atoms with Crippen molar-refractivity contribution in [2.45, 2.75) is 71.1 Å². The van der Waals surface area contributed by atoms with Crippen LogP contribution in [-0.4, -0.2) is 47.6 Å². The third kappa shape index (κ3) is 3.23. The molecule has 21 heavy (non-hydrogen) atoms. The summed E-state index contributed by atoms with van der Waals surface area (Å²) in [7, 11) is 0. The minimum Gasteiger partial charge on any atom is -0.376 e. The SMILES string of the molecule is CCC(C)C1NC(=O)C(C)(C)N(CC2CCCCO2)C1=O. The van der Waals surface area contributed by atoms with Gasteiger partial charge in [-0.05, 0) is 39.0 Å². The lowest BCUT2D eigenvalue weighted by Gasteiger charge is -2.47. The number of carbonyl (C=O) groups excluding carboxylic acids is 2. The predicted octanol–water partition coefficient (Wildman–Crippen LogP) is 1.71. The van der Waals surface area contributed by atoms with E-state index < -0.39 is 11.6 Å². The zero-order chi connectivity index (χ0) is 15.6. The van der Waals surface area contributed by atoms with Gasteiger partial charge in [0.25, 0.3) is 0 Å². The van der Waals surface area contributed by atoms with E-state index >= 15 is 0 Å². The Hall–Kier alpha value is -1.10. The zero-order valence-electron chi connectivity index (χ0n) is 13.6. The van der Waals surface area contributed by atoms with Crippen molar-refractivity contribution < 1.29 is 14.3 Å². The van der Waals surface area contributed by atoms with Crippen LogP contribution in [0.15, 0.2) is 0 Å². The standard InChI is InChI=1S/C16H28N2O3/c1-5-11(2)13-14(19)18(16(3,4)15(20)17-13)10-12-8-6-7-9-21-12/h11-13H,5-10H2,1-4H3,(H,17,20). The van der Waals surface area contributed by atoms with Crippen LogP contribution >= 0.6 is 0 Å². The van der Waals surface area contributed by atoms with Gasteiger partial charge in [0, 0.05) is 13.2 Å². The molecule has 5 heteroatoms. The van der Waals surface area contributed by atoms with Gasteiger partial charge in [0.1, 0.15) is 11.6 Å². The lowest BCUT2D eigenvalue weighted by atomic mass is 9.89. The number of ether oxygens (including phenoxy) is 1. The van der Waals surface area contributed by atoms with Gasteiger partial charge in [0.15, 0.2) is 0 Å². The molecule has 0 bridgehead atoms. The molecule has 2 aliphatic heterocycles. The Morgan fingerprint density at radius 1 is 1.38 bits per heavy atom. The smallest absolute Gasteiger partial charge is 0.246 e. The molecule has 1 N–H and O–H groups in total. The molecule has 0 aromatic rings. The summed E-state index contributed by atoms with van der Waals surface area (Å²) in [6, 6.07) is -0.404. The Morgan fingerprint density at radius 2 is 2.10 bits per heavy atom. The van der Waals surface area contributed by atoms with Gasteiger partial charge in [-0.2, -0.15) is 0 Å². The van der Waals surface area contributed by atoms with Gasteiger partial charge in [-0.3, -0.25) is 9.59 Å². The van der Waals surface area contributed by atoms with Gasteiger partial charge < -0.3 is 15.0 Å². The summed E-state index contributed by atoms with van der Waals surface area (Å²) < 4.78 is 5.75. The number of nitrogens with zero attached hydrogens (tertiary/aromatic N) is 1. The summed E-state index contributed by atoms with van der Waals surface area (Å²) in [5, 5.41) is 2.90. The minimum atomic E-state index is -0.804. The molecule has 120 valence electrons. The molecule has 2 amide bonds. The van der Waals surface area contributed by atoms with E-state index in [4.69, 9.17) is 4.74 Å². The molecule has 2 aliphatic rings. The molecule has 0 saturated carbocycles. The average molecular weight is 296 g/mol. The quantitative estimate of drug-likeness (QED) is 0.859. The minimum absolute atomic E-state index is 0.0307. The van der Waals surface area contributed by atoms with Crippen molar-refractivity contribution in [3.8, 4) is 0 Å². The van der Waals surface area contributed by atoms with Gasteiger partial charge in [-0.25, -0.2) is 0 Å². The van der Waals surface area contributed by atoms with Crippen LogP contribution in [0.1, 0.15) is 53.4 Å². The van der Waals surface area contributed by atoms with Gasteiger partial charge >= 0.3 is 0 Å². The Kier molecular flexibility index (Phi) is 4.91. The fourth-order valence-electron chi connectivity index (χ4n) is 3.04. The van der Waals surface area contributed by atoms with Gasteiger partial charge in [0.2, 0.25) is 11.8 Å². The first-order valence-corrected chi connectivity index (χ1v) is 8.12. The van der Waals surface area contributed by atoms with Gasteiger partial charge in [-0.1, -0.05) is 20.3 Å². The second-order valence-electron chi connectivity index (χ2n) is 6.83. The first-order valence-electron chi connectivity index (χ1n) is 8.12. The topological polar surface area (TPSA) is 58.6 Å². The Labute approximate surface area is 127 Å². The molecular formula is C16H28N2O3. The van der Waals surface area contributed by atoms with Crippen LogP contribution in [0.3, 0.4) is 0 Å². The molecule has 5 nitrogen and oxygen atoms in total. The normalized spacial score (nSPS) is 31.0. The van der Waals surface area contributed by atoms with Crippen LogP contribution in [0.2, 0.25) is 0 Å². The molecule has 0 aromatic heterocycles. The maximum Gasteiger partial charge on any atom is 0.246 e. The monoisotopic (exact) mass is 296 g/mol. The van der Waals surface area contributed by atoms with Crippen LogP contribution in [0.4, 0.5) is 0 Å². The van der Waals surface area contributed by atoms with E-state index in [2.05, 4.69) is 5.32 Å². The molecule has 2 heterocycles. The second-order valence-corrected chi connectivity index (χ2v) is 6.83. The van der Waals surface area contributed by atoms with Crippen LogP contribution < -0.4 is 5.32 Å². The second kappa shape index (κ2) is 6.34. The summed E-state index contributed by atoms with van der Waals surface area (Å²) in [5.74, 6) is 0.110. The number of piperazine rings is 1. The van der Waals surface area contributed by atoms with E-state index in [1.54, 1.807) is 4.90 Å². The molecular weight excluding hydrogens is 268 g/mol. The van der Waals surface area contributed by atoms with Crippen LogP contribution in [0.25, 0.3) is 0 Å². The van der Waals surface area contributed by atoms with E-state index in [9.17, 15) is 9.59 Å².